The Morgan fingerprint density at radius 3 is 2.66 bits per heavy atom. The summed E-state index contributed by atoms with van der Waals surface area (Å²) in [6, 6.07) is 7.80. The molecule has 0 unspecified atom stereocenters. The first-order valence-electron chi connectivity index (χ1n) is 21.9. The number of carbonyl (C=O) groups excluding carboxylic acids is 5. The zero-order valence-corrected chi connectivity index (χ0v) is 37.8. The molecular formula is C47H60N8O6S. The van der Waals surface area contributed by atoms with Gasteiger partial charge in [-0.15, -0.1) is 11.3 Å². The number of aromatic nitrogens is 3. The van der Waals surface area contributed by atoms with Gasteiger partial charge in [-0.05, 0) is 86.9 Å². The van der Waals surface area contributed by atoms with Crippen molar-refractivity contribution in [1.82, 2.24) is 40.1 Å². The molecule has 3 aromatic heterocycles. The van der Waals surface area contributed by atoms with E-state index in [1.54, 1.807) is 11.9 Å². The molecule has 0 radical (unpaired) electrons. The van der Waals surface area contributed by atoms with E-state index in [1.807, 2.05) is 31.5 Å². The zero-order valence-electron chi connectivity index (χ0n) is 37.0. The summed E-state index contributed by atoms with van der Waals surface area (Å²) in [5.41, 5.74) is 9.66. The minimum atomic E-state index is -1.07. The van der Waals surface area contributed by atoms with E-state index >= 15 is 0 Å². The van der Waals surface area contributed by atoms with Gasteiger partial charge in [0.15, 0.2) is 0 Å². The molecule has 14 nitrogen and oxygen atoms in total. The van der Waals surface area contributed by atoms with Crippen LogP contribution in [0.4, 0.5) is 0 Å². The van der Waals surface area contributed by atoms with Crippen LogP contribution in [0, 0.1) is 17.3 Å². The Labute approximate surface area is 368 Å². The van der Waals surface area contributed by atoms with Crippen molar-refractivity contribution in [2.24, 2.45) is 17.3 Å². The number of thiazole rings is 1. The fourth-order valence-corrected chi connectivity index (χ4v) is 10.2. The lowest BCUT2D eigenvalue weighted by atomic mass is 9.84. The summed E-state index contributed by atoms with van der Waals surface area (Å²) >= 11 is 1.48. The minimum Gasteiger partial charge on any atom is -0.464 e. The number of nitrogens with one attached hydrogen (secondary N) is 2. The van der Waals surface area contributed by atoms with Crippen LogP contribution in [0.25, 0.3) is 32.7 Å². The van der Waals surface area contributed by atoms with Gasteiger partial charge in [0.05, 0.1) is 23.9 Å². The number of aryl methyl sites for hydroxylation is 2. The van der Waals surface area contributed by atoms with E-state index in [0.29, 0.717) is 44.5 Å². The van der Waals surface area contributed by atoms with Gasteiger partial charge in [-0.3, -0.25) is 34.0 Å². The van der Waals surface area contributed by atoms with Gasteiger partial charge in [0, 0.05) is 84.4 Å². The van der Waals surface area contributed by atoms with Crippen LogP contribution in [0.15, 0.2) is 54.6 Å². The molecule has 0 saturated carbocycles. The largest absolute Gasteiger partial charge is 0.464 e. The van der Waals surface area contributed by atoms with Crippen molar-refractivity contribution in [3.8, 4) is 21.8 Å². The number of ether oxygens (including phenoxy) is 1. The summed E-state index contributed by atoms with van der Waals surface area (Å²) in [5, 5.41) is 8.23. The van der Waals surface area contributed by atoms with Crippen molar-refractivity contribution in [2.45, 2.75) is 105 Å². The van der Waals surface area contributed by atoms with E-state index in [0.717, 1.165) is 57.0 Å². The third-order valence-corrected chi connectivity index (χ3v) is 13.4. The molecule has 6 heterocycles. The lowest BCUT2D eigenvalue weighted by Gasteiger charge is -2.37. The molecule has 6 bridgehead atoms. The molecule has 1 aromatic carbocycles. The topological polar surface area (TPSA) is 159 Å². The number of fused-ring (bicyclic) bond motifs is 6. The Morgan fingerprint density at radius 2 is 1.94 bits per heavy atom. The predicted molar refractivity (Wildman–Crippen MR) is 240 cm³/mol. The number of carbonyl (C=O) groups is 5. The molecule has 7 rings (SSSR count). The highest BCUT2D eigenvalue weighted by molar-refractivity contribution is 7.13. The lowest BCUT2D eigenvalue weighted by Crippen LogP contribution is -2.62. The Kier molecular flexibility index (Phi) is 13.3. The van der Waals surface area contributed by atoms with E-state index in [-0.39, 0.29) is 37.3 Å². The van der Waals surface area contributed by atoms with E-state index < -0.39 is 47.2 Å². The molecule has 330 valence electrons. The second-order valence-corrected chi connectivity index (χ2v) is 18.8. The quantitative estimate of drug-likeness (QED) is 0.162. The first kappa shape index (κ1) is 44.6. The number of hydrogen-bond acceptors (Lipinski definition) is 10. The highest BCUT2D eigenvalue weighted by Gasteiger charge is 2.40. The smallest absolute Gasteiger partial charge is 0.324 e. The van der Waals surface area contributed by atoms with Crippen LogP contribution in [0.1, 0.15) is 77.8 Å². The fraction of sp³-hybridized carbons (Fsp3) is 0.511. The normalized spacial score (nSPS) is 21.1. The molecule has 2 fully saturated rings. The van der Waals surface area contributed by atoms with Crippen LogP contribution >= 0.6 is 11.3 Å². The van der Waals surface area contributed by atoms with E-state index in [9.17, 15) is 24.0 Å². The molecule has 3 aliphatic rings. The number of cyclic esters (lactones) is 1. The molecule has 62 heavy (non-hydrogen) atoms. The number of hydrogen-bond donors (Lipinski definition) is 2. The number of benzene rings is 1. The van der Waals surface area contributed by atoms with Crippen LogP contribution in [-0.4, -0.2) is 110 Å². The highest BCUT2D eigenvalue weighted by Crippen LogP contribution is 2.41. The Bertz CT molecular complexity index is 2370. The number of likely N-dealkylation sites (tertiary alicyclic amines) is 1. The first-order valence-corrected chi connectivity index (χ1v) is 22.8. The van der Waals surface area contributed by atoms with E-state index in [1.165, 1.54) is 27.3 Å². The van der Waals surface area contributed by atoms with Crippen LogP contribution in [0.5, 0.6) is 0 Å². The van der Waals surface area contributed by atoms with Crippen LogP contribution in [0.3, 0.4) is 0 Å². The molecule has 2 saturated heterocycles. The number of pyridine rings is 1. The van der Waals surface area contributed by atoms with Gasteiger partial charge in [-0.1, -0.05) is 41.2 Å². The lowest BCUT2D eigenvalue weighted by molar-refractivity contribution is -0.155. The predicted octanol–water partition coefficient (Wildman–Crippen LogP) is 5.58. The zero-order chi connectivity index (χ0) is 44.5. The maximum atomic E-state index is 14.6. The summed E-state index contributed by atoms with van der Waals surface area (Å²) in [6.07, 6.45) is 6.06. The molecule has 3 aliphatic heterocycles. The van der Waals surface area contributed by atoms with Gasteiger partial charge < -0.3 is 24.4 Å². The summed E-state index contributed by atoms with van der Waals surface area (Å²) in [4.78, 5) is 81.7. The second-order valence-electron chi connectivity index (χ2n) is 17.9. The van der Waals surface area contributed by atoms with Gasteiger partial charge >= 0.3 is 5.97 Å². The van der Waals surface area contributed by atoms with Gasteiger partial charge in [0.2, 0.25) is 17.7 Å². The van der Waals surface area contributed by atoms with Crippen molar-refractivity contribution in [1.29, 1.82) is 0 Å². The van der Waals surface area contributed by atoms with Crippen molar-refractivity contribution in [3.05, 3.63) is 71.5 Å². The highest BCUT2D eigenvalue weighted by atomic mass is 32.1. The molecule has 4 atom stereocenters. The van der Waals surface area contributed by atoms with Crippen molar-refractivity contribution in [3.63, 3.8) is 0 Å². The van der Waals surface area contributed by atoms with Crippen LogP contribution < -0.4 is 10.7 Å². The van der Waals surface area contributed by atoms with Crippen molar-refractivity contribution < 1.29 is 28.7 Å². The summed E-state index contributed by atoms with van der Waals surface area (Å²) in [7, 11) is 1.60. The molecule has 4 amide bonds. The van der Waals surface area contributed by atoms with Crippen molar-refractivity contribution >= 4 is 51.8 Å². The summed E-state index contributed by atoms with van der Waals surface area (Å²) in [6.45, 7) is 17.7. The van der Waals surface area contributed by atoms with Gasteiger partial charge in [-0.2, -0.15) is 0 Å². The molecule has 15 heteroatoms. The van der Waals surface area contributed by atoms with Crippen molar-refractivity contribution in [2.75, 3.05) is 33.3 Å². The number of likely N-dealkylation sites (N-methyl/N-ethyl adjacent to an activating group) is 1. The number of esters is 1. The second kappa shape index (κ2) is 18.5. The fourth-order valence-electron chi connectivity index (χ4n) is 9.35. The van der Waals surface area contributed by atoms with E-state index in [2.05, 4.69) is 73.8 Å². The number of rotatable bonds is 9. The van der Waals surface area contributed by atoms with Gasteiger partial charge in [0.1, 0.15) is 23.1 Å². The van der Waals surface area contributed by atoms with Gasteiger partial charge in [0.25, 0.3) is 5.91 Å². The monoisotopic (exact) mass is 864 g/mol. The third-order valence-electron chi connectivity index (χ3n) is 12.5. The summed E-state index contributed by atoms with van der Waals surface area (Å²) in [5.74, 6) is -2.58. The average Bonchev–Trinajstić information content (AvgIpc) is 4.02. The molecular weight excluding hydrogens is 805 g/mol. The number of hydrazine groups is 1. The third kappa shape index (κ3) is 9.05. The molecule has 0 aliphatic carbocycles. The number of amides is 4. The average molecular weight is 865 g/mol. The SMILES string of the molecule is C=CC(=O)N1CC[C@H](C(=O)N(C)[C@H](C(=O)N[C@H]2Cc3csc(n3)-c3ccc4c(c3)c(c(-c3cccnc3CC)n4CC)CC(C)(C)COC(=O)[C@@H]3CCCN(N3)C2=O)C(C)C)C1. The molecule has 4 aromatic rings. The first-order chi connectivity index (χ1) is 29.6. The molecule has 2 N–H and O–H groups in total. The van der Waals surface area contributed by atoms with E-state index in [4.69, 9.17) is 14.7 Å². The standard InChI is InChI=1S/C47H60N8O6S/c1-9-35-32(14-12-19-48-35)41-34-24-47(6,7)27-61-46(60)36-15-13-20-55(51-36)45(59)37(23-31-26-62-43(49-31)29-16-17-38(33(34)22-29)54(41)11-3)50-42(57)40(28(4)5)52(8)44(58)30-18-21-53(25-30)39(56)10-2/h10,12,14,16-17,19,22,26,28,30,36-37,40,51H,2,9,11,13,15,18,20-21,23-25,27H2,1,3-8H3,(H,50,57)/t30-,36-,37-,40-/m0/s1. The Balaban J connectivity index is 1.26. The van der Waals surface area contributed by atoms with Crippen LogP contribution in [0.2, 0.25) is 0 Å². The summed E-state index contributed by atoms with van der Waals surface area (Å²) < 4.78 is 8.44. The molecule has 0 spiro atoms. The van der Waals surface area contributed by atoms with Crippen LogP contribution in [-0.2, 0) is 54.5 Å². The minimum absolute atomic E-state index is 0.0803. The Hall–Kier alpha value is -5.41. The number of nitrogens with zero attached hydrogens (tertiary/aromatic N) is 6. The maximum Gasteiger partial charge on any atom is 0.324 e. The Morgan fingerprint density at radius 1 is 1.15 bits per heavy atom. The van der Waals surface area contributed by atoms with Gasteiger partial charge in [-0.25, -0.2) is 10.4 Å². The maximum absolute atomic E-state index is 14.6.